The molecule has 0 aromatic heterocycles. The van der Waals surface area contributed by atoms with Gasteiger partial charge in [0.1, 0.15) is 18.3 Å². The molecule has 0 unspecified atom stereocenters. The first-order valence-corrected chi connectivity index (χ1v) is 17.7. The second-order valence-electron chi connectivity index (χ2n) is 14.6. The van der Waals surface area contributed by atoms with Gasteiger partial charge in [-0.1, -0.05) is 83.9 Å². The molecule has 0 radical (unpaired) electrons. The summed E-state index contributed by atoms with van der Waals surface area (Å²) in [5.74, 6) is -7.68. The van der Waals surface area contributed by atoms with Gasteiger partial charge in [0.05, 0.1) is 25.4 Å². The number of esters is 2. The summed E-state index contributed by atoms with van der Waals surface area (Å²) in [5.41, 5.74) is 1.70. The van der Waals surface area contributed by atoms with Crippen LogP contribution in [-0.2, 0) is 38.1 Å². The number of carbonyl (C=O) groups excluding carboxylic acids is 2. The SMILES string of the molecule is COC1=CC(C)=C[C@H](C)[C@H](O)[C@H](C)CC(C)=CC=C[C@H](OC)[C@H]([C@H](C)[C@H](O)[C@H](C)[C@]2(O)C[C@H](OC(=O)/C=C/C(=O)O)[C@H](C)[C@@H](C(C)C)O2)OC1=O. The van der Waals surface area contributed by atoms with Crippen LogP contribution in [-0.4, -0.2) is 95.0 Å². The van der Waals surface area contributed by atoms with Gasteiger partial charge in [-0.25, -0.2) is 14.4 Å². The van der Waals surface area contributed by atoms with Crippen LogP contribution < -0.4 is 0 Å². The number of rotatable bonds is 10. The number of ether oxygens (including phenoxy) is 5. The fraction of sp³-hybridized carbons (Fsp3) is 0.667. The molecule has 0 aromatic rings. The van der Waals surface area contributed by atoms with Crippen molar-refractivity contribution in [1.82, 2.24) is 0 Å². The largest absolute Gasteiger partial charge is 0.490 e. The molecule has 12 nitrogen and oxygen atoms in total. The molecule has 12 heteroatoms. The van der Waals surface area contributed by atoms with Crippen LogP contribution in [0, 0.1) is 35.5 Å². The molecule has 4 N–H and O–H groups in total. The molecule has 1 fully saturated rings. The molecule has 0 aliphatic carbocycles. The van der Waals surface area contributed by atoms with E-state index in [1.165, 1.54) is 20.3 Å². The maximum atomic E-state index is 13.6. The molecule has 1 saturated heterocycles. The first kappa shape index (κ1) is 43.9. The van der Waals surface area contributed by atoms with Gasteiger partial charge in [-0.2, -0.15) is 0 Å². The predicted molar refractivity (Wildman–Crippen MR) is 191 cm³/mol. The number of carboxylic acids is 1. The van der Waals surface area contributed by atoms with E-state index in [1.54, 1.807) is 32.9 Å². The number of carbonyl (C=O) groups is 3. The summed E-state index contributed by atoms with van der Waals surface area (Å²) in [6.07, 6.45) is 5.37. The Hall–Kier alpha value is -3.29. The van der Waals surface area contributed by atoms with E-state index < -0.39 is 72.2 Å². The standard InChI is InChI=1S/C39H60O12/c1-21(2)36-26(7)31(49-33(42)16-15-32(40)41)20-39(46,51-36)28(9)35(44)27(8)37-29(47-10)14-12-13-22(3)17-24(5)34(43)25(6)18-23(4)19-30(48-11)38(45)50-37/h12-16,18-19,21,24-29,31,34-37,43-44,46H,17,20H2,1-11H3,(H,40,41)/b14-12?,16-15+,22-13?,23-18?,30-19?/t24-,25+,26+,27-,28+,29+,31+,34-,35+,36-,37+,39+/m1/s1. The van der Waals surface area contributed by atoms with Crippen LogP contribution in [0.15, 0.2) is 59.4 Å². The highest BCUT2D eigenvalue weighted by molar-refractivity contribution is 5.90. The Morgan fingerprint density at radius 3 is 2.27 bits per heavy atom. The van der Waals surface area contributed by atoms with E-state index >= 15 is 0 Å². The number of aliphatic hydroxyl groups excluding tert-OH is 2. The van der Waals surface area contributed by atoms with Crippen LogP contribution in [0.1, 0.15) is 75.2 Å². The van der Waals surface area contributed by atoms with Crippen LogP contribution in [0.2, 0.25) is 0 Å². The lowest BCUT2D eigenvalue weighted by Gasteiger charge is -2.50. The maximum Gasteiger partial charge on any atom is 0.373 e. The molecule has 2 rings (SSSR count). The van der Waals surface area contributed by atoms with Crippen LogP contribution in [0.5, 0.6) is 0 Å². The third-order valence-electron chi connectivity index (χ3n) is 10.1. The van der Waals surface area contributed by atoms with E-state index in [0.717, 1.165) is 11.6 Å². The molecule has 12 atom stereocenters. The van der Waals surface area contributed by atoms with Crippen molar-refractivity contribution < 1.29 is 58.5 Å². The normalized spacial score (nSPS) is 33.4. The zero-order valence-electron chi connectivity index (χ0n) is 31.9. The van der Waals surface area contributed by atoms with Crippen LogP contribution in [0.3, 0.4) is 0 Å². The maximum absolute atomic E-state index is 13.6. The van der Waals surface area contributed by atoms with Gasteiger partial charge in [0.25, 0.3) is 0 Å². The van der Waals surface area contributed by atoms with Gasteiger partial charge in [0.2, 0.25) is 5.76 Å². The van der Waals surface area contributed by atoms with Gasteiger partial charge in [-0.3, -0.25) is 0 Å². The van der Waals surface area contributed by atoms with Crippen molar-refractivity contribution in [2.45, 2.75) is 118 Å². The summed E-state index contributed by atoms with van der Waals surface area (Å²) in [5, 5.41) is 43.8. The summed E-state index contributed by atoms with van der Waals surface area (Å²) >= 11 is 0. The number of hydrogen-bond acceptors (Lipinski definition) is 11. The van der Waals surface area contributed by atoms with E-state index in [1.807, 2.05) is 53.7 Å². The summed E-state index contributed by atoms with van der Waals surface area (Å²) in [7, 11) is 2.80. The lowest BCUT2D eigenvalue weighted by molar-refractivity contribution is -0.329. The Labute approximate surface area is 302 Å². The zero-order chi connectivity index (χ0) is 38.8. The van der Waals surface area contributed by atoms with Gasteiger partial charge in [-0.05, 0) is 38.2 Å². The Morgan fingerprint density at radius 1 is 1.06 bits per heavy atom. The average Bonchev–Trinajstić information content (AvgIpc) is 3.06. The van der Waals surface area contributed by atoms with E-state index in [9.17, 15) is 29.7 Å². The molecule has 0 aromatic carbocycles. The van der Waals surface area contributed by atoms with Crippen molar-refractivity contribution in [2.24, 2.45) is 35.5 Å². The minimum Gasteiger partial charge on any atom is -0.490 e. The summed E-state index contributed by atoms with van der Waals surface area (Å²) < 4.78 is 29.1. The Kier molecular flexibility index (Phi) is 16.8. The second-order valence-corrected chi connectivity index (χ2v) is 14.6. The molecule has 0 amide bonds. The van der Waals surface area contributed by atoms with E-state index in [4.69, 9.17) is 28.8 Å². The quantitative estimate of drug-likeness (QED) is 0.178. The van der Waals surface area contributed by atoms with Crippen molar-refractivity contribution in [3.8, 4) is 0 Å². The van der Waals surface area contributed by atoms with E-state index in [2.05, 4.69) is 0 Å². The zero-order valence-corrected chi connectivity index (χ0v) is 31.9. The number of allylic oxidation sites excluding steroid dienone is 5. The van der Waals surface area contributed by atoms with Gasteiger partial charge < -0.3 is 44.1 Å². The van der Waals surface area contributed by atoms with Crippen molar-refractivity contribution in [3.05, 3.63) is 59.4 Å². The Bertz CT molecular complexity index is 1350. The summed E-state index contributed by atoms with van der Waals surface area (Å²) in [6.45, 7) is 16.5. The smallest absolute Gasteiger partial charge is 0.373 e. The highest BCUT2D eigenvalue weighted by Crippen LogP contribution is 2.42. The number of cyclic esters (lactones) is 1. The first-order valence-electron chi connectivity index (χ1n) is 17.7. The number of carboxylic acid groups (broad SMARTS) is 1. The lowest BCUT2D eigenvalue weighted by Crippen LogP contribution is -2.59. The first-order chi connectivity index (χ1) is 23.8. The van der Waals surface area contributed by atoms with Crippen molar-refractivity contribution in [3.63, 3.8) is 0 Å². The van der Waals surface area contributed by atoms with Crippen LogP contribution in [0.4, 0.5) is 0 Å². The molecular formula is C39H60O12. The Morgan fingerprint density at radius 2 is 1.71 bits per heavy atom. The minimum atomic E-state index is -1.99. The summed E-state index contributed by atoms with van der Waals surface area (Å²) in [6, 6.07) is 0. The molecule has 0 spiro atoms. The minimum absolute atomic E-state index is 0.0458. The number of methoxy groups -OCH3 is 2. The fourth-order valence-electron chi connectivity index (χ4n) is 7.00. The van der Waals surface area contributed by atoms with Crippen LogP contribution in [0.25, 0.3) is 0 Å². The summed E-state index contributed by atoms with van der Waals surface area (Å²) in [4.78, 5) is 37.1. The van der Waals surface area contributed by atoms with Crippen molar-refractivity contribution in [2.75, 3.05) is 14.2 Å². The third kappa shape index (κ3) is 12.1. The van der Waals surface area contributed by atoms with Gasteiger partial charge in [0, 0.05) is 49.4 Å². The highest BCUT2D eigenvalue weighted by Gasteiger charge is 2.53. The number of aliphatic carboxylic acids is 1. The van der Waals surface area contributed by atoms with E-state index in [0.29, 0.717) is 18.1 Å². The monoisotopic (exact) mass is 720 g/mol. The van der Waals surface area contributed by atoms with Crippen molar-refractivity contribution >= 4 is 17.9 Å². The topological polar surface area (TPSA) is 178 Å². The van der Waals surface area contributed by atoms with Gasteiger partial charge >= 0.3 is 17.9 Å². The average molecular weight is 721 g/mol. The predicted octanol–water partition coefficient (Wildman–Crippen LogP) is 4.88. The second kappa shape index (κ2) is 19.5. The molecule has 2 heterocycles. The highest BCUT2D eigenvalue weighted by atomic mass is 16.6. The van der Waals surface area contributed by atoms with Crippen molar-refractivity contribution in [1.29, 1.82) is 0 Å². The van der Waals surface area contributed by atoms with Crippen LogP contribution >= 0.6 is 0 Å². The third-order valence-corrected chi connectivity index (χ3v) is 10.1. The number of hydrogen-bond donors (Lipinski definition) is 4. The molecule has 2 aliphatic rings. The molecule has 0 bridgehead atoms. The molecule has 2 aliphatic heterocycles. The van der Waals surface area contributed by atoms with Gasteiger partial charge in [-0.15, -0.1) is 0 Å². The van der Waals surface area contributed by atoms with E-state index in [-0.39, 0.29) is 35.9 Å². The number of aliphatic hydroxyl groups is 3. The molecular weight excluding hydrogens is 660 g/mol. The van der Waals surface area contributed by atoms with Gasteiger partial charge in [0.15, 0.2) is 5.79 Å². The lowest BCUT2D eigenvalue weighted by atomic mass is 9.76. The molecule has 51 heavy (non-hydrogen) atoms. The fourth-order valence-corrected chi connectivity index (χ4v) is 7.00. The molecule has 0 saturated carbocycles. The molecule has 288 valence electrons. The Balaban J connectivity index is 2.55.